The van der Waals surface area contributed by atoms with Gasteiger partial charge in [0.2, 0.25) is 15.9 Å². The highest BCUT2D eigenvalue weighted by molar-refractivity contribution is 7.89. The van der Waals surface area contributed by atoms with Crippen LogP contribution in [-0.4, -0.2) is 38.5 Å². The third-order valence-electron chi connectivity index (χ3n) is 2.60. The molecule has 0 atom stereocenters. The van der Waals surface area contributed by atoms with E-state index in [1.165, 1.54) is 14.1 Å². The van der Waals surface area contributed by atoms with E-state index in [1.807, 2.05) is 6.92 Å². The Kier molecular flexibility index (Phi) is 5.34. The molecule has 0 bridgehead atoms. The summed E-state index contributed by atoms with van der Waals surface area (Å²) in [5.41, 5.74) is 1.47. The van der Waals surface area contributed by atoms with Gasteiger partial charge in [-0.2, -0.15) is 0 Å². The summed E-state index contributed by atoms with van der Waals surface area (Å²) in [7, 11) is -0.479. The van der Waals surface area contributed by atoms with Crippen molar-refractivity contribution in [1.82, 2.24) is 4.31 Å². The molecule has 0 unspecified atom stereocenters. The van der Waals surface area contributed by atoms with Gasteiger partial charge in [-0.05, 0) is 24.6 Å². The van der Waals surface area contributed by atoms with E-state index in [0.717, 1.165) is 9.87 Å². The maximum atomic E-state index is 11.6. The first kappa shape index (κ1) is 15.9. The fraction of sp³-hybridized carbons (Fsp3) is 0.417. The van der Waals surface area contributed by atoms with E-state index in [1.54, 1.807) is 18.2 Å². The van der Waals surface area contributed by atoms with Crippen molar-refractivity contribution in [2.45, 2.75) is 13.3 Å². The number of sulfonamides is 1. The Balaban J connectivity index is 2.59. The van der Waals surface area contributed by atoms with Gasteiger partial charge >= 0.3 is 0 Å². The Labute approximate surface area is 118 Å². The van der Waals surface area contributed by atoms with Crippen molar-refractivity contribution in [2.24, 2.45) is 0 Å². The second-order valence-electron chi connectivity index (χ2n) is 4.36. The highest BCUT2D eigenvalue weighted by Gasteiger charge is 2.15. The Morgan fingerprint density at radius 1 is 1.37 bits per heavy atom. The zero-order valence-electron chi connectivity index (χ0n) is 11.1. The van der Waals surface area contributed by atoms with Crippen molar-refractivity contribution in [2.75, 3.05) is 25.2 Å². The van der Waals surface area contributed by atoms with Crippen LogP contribution in [0.25, 0.3) is 0 Å². The van der Waals surface area contributed by atoms with E-state index in [0.29, 0.717) is 10.7 Å². The number of anilines is 1. The van der Waals surface area contributed by atoms with Crippen LogP contribution < -0.4 is 5.32 Å². The summed E-state index contributed by atoms with van der Waals surface area (Å²) >= 11 is 5.93. The molecule has 1 amide bonds. The van der Waals surface area contributed by atoms with Crippen LogP contribution >= 0.6 is 11.6 Å². The molecule has 0 saturated carbocycles. The van der Waals surface area contributed by atoms with Crippen molar-refractivity contribution >= 4 is 33.2 Å². The number of amides is 1. The van der Waals surface area contributed by atoms with Crippen molar-refractivity contribution in [3.63, 3.8) is 0 Å². The van der Waals surface area contributed by atoms with Crippen LogP contribution in [0.15, 0.2) is 18.2 Å². The van der Waals surface area contributed by atoms with Gasteiger partial charge < -0.3 is 5.32 Å². The quantitative estimate of drug-likeness (QED) is 0.903. The third kappa shape index (κ3) is 4.81. The summed E-state index contributed by atoms with van der Waals surface area (Å²) < 4.78 is 24.1. The average Bonchev–Trinajstić information content (AvgIpc) is 2.31. The lowest BCUT2D eigenvalue weighted by Gasteiger charge is -2.11. The highest BCUT2D eigenvalue weighted by Crippen LogP contribution is 2.20. The zero-order valence-corrected chi connectivity index (χ0v) is 12.7. The van der Waals surface area contributed by atoms with Crippen LogP contribution in [0.4, 0.5) is 5.69 Å². The molecule has 0 spiro atoms. The van der Waals surface area contributed by atoms with Gasteiger partial charge in [-0.1, -0.05) is 17.7 Å². The number of nitrogens with zero attached hydrogens (tertiary/aromatic N) is 1. The Morgan fingerprint density at radius 2 is 2.00 bits per heavy atom. The van der Waals surface area contributed by atoms with Crippen LogP contribution in [0.2, 0.25) is 5.02 Å². The van der Waals surface area contributed by atoms with Crippen molar-refractivity contribution in [3.05, 3.63) is 28.8 Å². The smallest absolute Gasteiger partial charge is 0.225 e. The molecule has 0 heterocycles. The van der Waals surface area contributed by atoms with E-state index in [9.17, 15) is 13.2 Å². The first-order valence-corrected chi connectivity index (χ1v) is 7.67. The van der Waals surface area contributed by atoms with Gasteiger partial charge in [0.05, 0.1) is 5.75 Å². The van der Waals surface area contributed by atoms with Crippen LogP contribution in [0, 0.1) is 6.92 Å². The molecule has 0 saturated heterocycles. The van der Waals surface area contributed by atoms with E-state index in [2.05, 4.69) is 5.32 Å². The summed E-state index contributed by atoms with van der Waals surface area (Å²) in [6, 6.07) is 5.14. The largest absolute Gasteiger partial charge is 0.326 e. The van der Waals surface area contributed by atoms with Gasteiger partial charge in [-0.3, -0.25) is 4.79 Å². The molecular weight excluding hydrogens is 288 g/mol. The zero-order chi connectivity index (χ0) is 14.6. The SMILES string of the molecule is Cc1ccc(NC(=O)CCS(=O)(=O)N(C)C)cc1Cl. The molecular formula is C12H17ClN2O3S. The Hall–Kier alpha value is -1.11. The maximum absolute atomic E-state index is 11.6. The number of aryl methyl sites for hydroxylation is 1. The molecule has 106 valence electrons. The first-order chi connectivity index (χ1) is 8.72. The van der Waals surface area contributed by atoms with E-state index < -0.39 is 10.0 Å². The summed E-state index contributed by atoms with van der Waals surface area (Å²) in [4.78, 5) is 11.6. The number of halogens is 1. The van der Waals surface area contributed by atoms with Crippen molar-refractivity contribution in [3.8, 4) is 0 Å². The molecule has 1 aromatic rings. The molecule has 0 radical (unpaired) electrons. The molecule has 0 fully saturated rings. The molecule has 1 rings (SSSR count). The Morgan fingerprint density at radius 3 is 2.53 bits per heavy atom. The molecule has 0 aliphatic carbocycles. The first-order valence-electron chi connectivity index (χ1n) is 5.68. The number of nitrogens with one attached hydrogen (secondary N) is 1. The van der Waals surface area contributed by atoms with E-state index in [-0.39, 0.29) is 18.1 Å². The van der Waals surface area contributed by atoms with Crippen molar-refractivity contribution in [1.29, 1.82) is 0 Å². The fourth-order valence-corrected chi connectivity index (χ4v) is 2.29. The monoisotopic (exact) mass is 304 g/mol. The summed E-state index contributed by atoms with van der Waals surface area (Å²) in [5.74, 6) is -0.573. The highest BCUT2D eigenvalue weighted by atomic mass is 35.5. The minimum absolute atomic E-state index is 0.0913. The Bertz CT molecular complexity index is 570. The van der Waals surface area contributed by atoms with Gasteiger partial charge in [0.1, 0.15) is 0 Å². The van der Waals surface area contributed by atoms with E-state index in [4.69, 9.17) is 11.6 Å². The number of hydrogen-bond donors (Lipinski definition) is 1. The minimum atomic E-state index is -3.35. The second kappa shape index (κ2) is 6.36. The maximum Gasteiger partial charge on any atom is 0.225 e. The van der Waals surface area contributed by atoms with Gasteiger partial charge in [0, 0.05) is 31.2 Å². The van der Waals surface area contributed by atoms with Crippen molar-refractivity contribution < 1.29 is 13.2 Å². The molecule has 19 heavy (non-hydrogen) atoms. The normalized spacial score (nSPS) is 11.6. The van der Waals surface area contributed by atoms with Crippen LogP contribution in [0.5, 0.6) is 0 Å². The van der Waals surface area contributed by atoms with Gasteiger partial charge in [-0.25, -0.2) is 12.7 Å². The molecule has 1 N–H and O–H groups in total. The lowest BCUT2D eigenvalue weighted by atomic mass is 10.2. The summed E-state index contributed by atoms with van der Waals surface area (Å²) in [6.45, 7) is 1.86. The second-order valence-corrected chi connectivity index (χ2v) is 7.07. The summed E-state index contributed by atoms with van der Waals surface area (Å²) in [6.07, 6.45) is -0.0913. The fourth-order valence-electron chi connectivity index (χ4n) is 1.30. The number of carbonyl (C=O) groups excluding carboxylic acids is 1. The van der Waals surface area contributed by atoms with Crippen LogP contribution in [0.3, 0.4) is 0 Å². The lowest BCUT2D eigenvalue weighted by molar-refractivity contribution is -0.115. The molecule has 5 nitrogen and oxygen atoms in total. The van der Waals surface area contributed by atoms with Gasteiger partial charge in [-0.15, -0.1) is 0 Å². The summed E-state index contributed by atoms with van der Waals surface area (Å²) in [5, 5.41) is 3.17. The molecule has 0 aromatic heterocycles. The van der Waals surface area contributed by atoms with Gasteiger partial charge in [0.25, 0.3) is 0 Å². The lowest BCUT2D eigenvalue weighted by Crippen LogP contribution is -2.27. The molecule has 7 heteroatoms. The molecule has 0 aliphatic rings. The third-order valence-corrected chi connectivity index (χ3v) is 4.84. The molecule has 1 aromatic carbocycles. The number of hydrogen-bond acceptors (Lipinski definition) is 3. The number of carbonyl (C=O) groups is 1. The minimum Gasteiger partial charge on any atom is -0.326 e. The predicted molar refractivity (Wildman–Crippen MR) is 76.9 cm³/mol. The number of rotatable bonds is 5. The van der Waals surface area contributed by atoms with E-state index >= 15 is 0 Å². The standard InChI is InChI=1S/C12H17ClN2O3S/c1-9-4-5-10(8-11(9)13)14-12(16)6-7-19(17,18)15(2)3/h4-5,8H,6-7H2,1-3H3,(H,14,16). The van der Waals surface area contributed by atoms with Crippen LogP contribution in [-0.2, 0) is 14.8 Å². The van der Waals surface area contributed by atoms with Gasteiger partial charge in [0.15, 0.2) is 0 Å². The molecule has 0 aliphatic heterocycles. The number of benzene rings is 1. The predicted octanol–water partition coefficient (Wildman–Crippen LogP) is 1.87. The topological polar surface area (TPSA) is 66.5 Å². The average molecular weight is 305 g/mol. The van der Waals surface area contributed by atoms with Crippen LogP contribution in [0.1, 0.15) is 12.0 Å².